The molecule has 0 radical (unpaired) electrons. The highest BCUT2D eigenvalue weighted by Crippen LogP contribution is 2.36. The van der Waals surface area contributed by atoms with Crippen LogP contribution in [0.25, 0.3) is 0 Å². The third-order valence-electron chi connectivity index (χ3n) is 7.56. The number of methoxy groups -OCH3 is 1. The average Bonchev–Trinajstić information content (AvgIpc) is 3.28. The largest absolute Gasteiger partial charge is 0.475 e. The lowest BCUT2D eigenvalue weighted by Gasteiger charge is -2.52. The van der Waals surface area contributed by atoms with E-state index in [9.17, 15) is 14.4 Å². The summed E-state index contributed by atoms with van der Waals surface area (Å²) < 4.78 is 10.7. The van der Waals surface area contributed by atoms with Crippen molar-refractivity contribution >= 4 is 17.8 Å². The fourth-order valence-corrected chi connectivity index (χ4v) is 5.67. The van der Waals surface area contributed by atoms with E-state index in [-0.39, 0.29) is 17.6 Å². The molecule has 2 amide bonds. The van der Waals surface area contributed by atoms with E-state index in [0.29, 0.717) is 57.3 Å². The van der Waals surface area contributed by atoms with Gasteiger partial charge in [-0.05, 0) is 37.3 Å². The van der Waals surface area contributed by atoms with Crippen LogP contribution >= 0.6 is 0 Å². The number of hydrogen-bond acceptors (Lipinski definition) is 6. The van der Waals surface area contributed by atoms with Gasteiger partial charge in [-0.1, -0.05) is 32.1 Å². The maximum absolute atomic E-state index is 13.5. The smallest absolute Gasteiger partial charge is 0.371 e. The first-order valence-electron chi connectivity index (χ1n) is 12.1. The molecular weight excluding hydrogens is 426 g/mol. The SMILES string of the molecule is COCCN1C(=O)C(CC2CCCCC2)NC(=O)C12CCN(Cc1ccc(C(=O)O)o1)CC2. The molecule has 1 atom stereocenters. The molecule has 3 fully saturated rings. The molecule has 1 aromatic rings. The Morgan fingerprint density at radius 3 is 2.58 bits per heavy atom. The Bertz CT molecular complexity index is 854. The van der Waals surface area contributed by atoms with Gasteiger partial charge in [-0.3, -0.25) is 14.5 Å². The van der Waals surface area contributed by atoms with E-state index in [1.165, 1.54) is 25.3 Å². The third kappa shape index (κ3) is 5.09. The minimum atomic E-state index is -1.09. The topological polar surface area (TPSA) is 112 Å². The number of rotatable bonds is 8. The molecule has 0 bridgehead atoms. The molecule has 3 aliphatic rings. The Kier molecular flexibility index (Phi) is 7.38. The monoisotopic (exact) mass is 461 g/mol. The number of carboxylic acids is 1. The number of piperazine rings is 1. The van der Waals surface area contributed by atoms with Crippen molar-refractivity contribution in [2.45, 2.75) is 69.5 Å². The number of hydrogen-bond donors (Lipinski definition) is 2. The number of ether oxygens (including phenoxy) is 1. The maximum atomic E-state index is 13.5. The number of amides is 2. The summed E-state index contributed by atoms with van der Waals surface area (Å²) in [7, 11) is 1.61. The molecule has 1 unspecified atom stereocenters. The molecule has 1 aliphatic carbocycles. The summed E-state index contributed by atoms with van der Waals surface area (Å²) in [4.78, 5) is 41.9. The highest BCUT2D eigenvalue weighted by Gasteiger charge is 2.53. The van der Waals surface area contributed by atoms with E-state index in [0.717, 1.165) is 19.3 Å². The first kappa shape index (κ1) is 23.8. The number of carbonyl (C=O) groups is 3. The second-order valence-electron chi connectivity index (χ2n) is 9.63. The third-order valence-corrected chi connectivity index (χ3v) is 7.56. The van der Waals surface area contributed by atoms with Crippen molar-refractivity contribution in [3.8, 4) is 0 Å². The normalized spacial score (nSPS) is 24.3. The highest BCUT2D eigenvalue weighted by molar-refractivity contribution is 6.00. The fraction of sp³-hybridized carbons (Fsp3) is 0.708. The molecule has 182 valence electrons. The van der Waals surface area contributed by atoms with E-state index >= 15 is 0 Å². The first-order chi connectivity index (χ1) is 15.9. The van der Waals surface area contributed by atoms with Gasteiger partial charge in [0, 0.05) is 26.7 Å². The number of nitrogens with zero attached hydrogens (tertiary/aromatic N) is 2. The number of nitrogens with one attached hydrogen (secondary N) is 1. The fourth-order valence-electron chi connectivity index (χ4n) is 5.67. The quantitative estimate of drug-likeness (QED) is 0.611. The zero-order valence-electron chi connectivity index (χ0n) is 19.4. The van der Waals surface area contributed by atoms with Gasteiger partial charge in [-0.25, -0.2) is 4.79 Å². The zero-order chi connectivity index (χ0) is 23.4. The van der Waals surface area contributed by atoms with Gasteiger partial charge in [0.25, 0.3) is 0 Å². The van der Waals surface area contributed by atoms with Crippen molar-refractivity contribution in [1.82, 2.24) is 15.1 Å². The van der Waals surface area contributed by atoms with Gasteiger partial charge in [0.2, 0.25) is 17.6 Å². The Morgan fingerprint density at radius 1 is 1.21 bits per heavy atom. The maximum Gasteiger partial charge on any atom is 0.371 e. The van der Waals surface area contributed by atoms with Crippen molar-refractivity contribution in [1.29, 1.82) is 0 Å². The van der Waals surface area contributed by atoms with E-state index < -0.39 is 17.6 Å². The van der Waals surface area contributed by atoms with Crippen molar-refractivity contribution in [3.05, 3.63) is 23.7 Å². The number of carbonyl (C=O) groups excluding carboxylic acids is 2. The summed E-state index contributed by atoms with van der Waals surface area (Å²) in [6.07, 6.45) is 7.71. The van der Waals surface area contributed by atoms with Crippen LogP contribution < -0.4 is 5.32 Å². The molecule has 1 aromatic heterocycles. The van der Waals surface area contributed by atoms with E-state index in [1.807, 2.05) is 0 Å². The summed E-state index contributed by atoms with van der Waals surface area (Å²) in [6.45, 7) is 2.50. The summed E-state index contributed by atoms with van der Waals surface area (Å²) >= 11 is 0. The molecule has 33 heavy (non-hydrogen) atoms. The van der Waals surface area contributed by atoms with E-state index in [1.54, 1.807) is 18.1 Å². The summed E-state index contributed by atoms with van der Waals surface area (Å²) in [5.74, 6) is -0.126. The molecule has 3 heterocycles. The van der Waals surface area contributed by atoms with Gasteiger partial charge in [0.15, 0.2) is 0 Å². The van der Waals surface area contributed by atoms with Gasteiger partial charge in [0.05, 0.1) is 13.2 Å². The van der Waals surface area contributed by atoms with Crippen LogP contribution in [-0.4, -0.2) is 77.6 Å². The van der Waals surface area contributed by atoms with Gasteiger partial charge in [0.1, 0.15) is 17.3 Å². The minimum Gasteiger partial charge on any atom is -0.475 e. The van der Waals surface area contributed by atoms with Crippen LogP contribution in [0.15, 0.2) is 16.5 Å². The lowest BCUT2D eigenvalue weighted by Crippen LogP contribution is -2.73. The van der Waals surface area contributed by atoms with Crippen LogP contribution in [0.1, 0.15) is 67.7 Å². The minimum absolute atomic E-state index is 0.0165. The molecule has 9 heteroatoms. The number of aromatic carboxylic acids is 1. The Hall–Kier alpha value is -2.39. The molecule has 4 rings (SSSR count). The van der Waals surface area contributed by atoms with Crippen molar-refractivity contribution in [2.75, 3.05) is 33.4 Å². The predicted molar refractivity (Wildman–Crippen MR) is 120 cm³/mol. The summed E-state index contributed by atoms with van der Waals surface area (Å²) in [6, 6.07) is 2.68. The second-order valence-corrected chi connectivity index (χ2v) is 9.63. The summed E-state index contributed by atoms with van der Waals surface area (Å²) in [5, 5.41) is 12.1. The van der Waals surface area contributed by atoms with E-state index in [2.05, 4.69) is 10.2 Å². The van der Waals surface area contributed by atoms with Gasteiger partial charge in [-0.15, -0.1) is 0 Å². The van der Waals surface area contributed by atoms with Crippen molar-refractivity contribution < 1.29 is 28.6 Å². The van der Waals surface area contributed by atoms with Crippen LogP contribution in [-0.2, 0) is 20.9 Å². The lowest BCUT2D eigenvalue weighted by molar-refractivity contribution is -0.162. The molecule has 0 aromatic carbocycles. The number of likely N-dealkylation sites (tertiary alicyclic amines) is 1. The van der Waals surface area contributed by atoms with Crippen molar-refractivity contribution in [3.63, 3.8) is 0 Å². The molecule has 2 saturated heterocycles. The molecule has 9 nitrogen and oxygen atoms in total. The van der Waals surface area contributed by atoms with Crippen LogP contribution in [0.3, 0.4) is 0 Å². The number of piperidine rings is 1. The number of furan rings is 1. The molecule has 1 spiro atoms. The second kappa shape index (κ2) is 10.3. The zero-order valence-corrected chi connectivity index (χ0v) is 19.4. The molecule has 2 aliphatic heterocycles. The Morgan fingerprint density at radius 2 is 1.94 bits per heavy atom. The average molecular weight is 462 g/mol. The van der Waals surface area contributed by atoms with E-state index in [4.69, 9.17) is 14.3 Å². The molecular formula is C24H35N3O6. The van der Waals surface area contributed by atoms with Crippen LogP contribution in [0.2, 0.25) is 0 Å². The molecule has 2 N–H and O–H groups in total. The number of carboxylic acid groups (broad SMARTS) is 1. The Labute approximate surface area is 194 Å². The Balaban J connectivity index is 1.43. The van der Waals surface area contributed by atoms with Crippen molar-refractivity contribution in [2.24, 2.45) is 5.92 Å². The highest BCUT2D eigenvalue weighted by atomic mass is 16.5. The standard InChI is InChI=1S/C24H35N3O6/c1-32-14-13-27-21(28)19(15-17-5-3-2-4-6-17)25-23(31)24(27)9-11-26(12-10-24)16-18-7-8-20(33-18)22(29)30/h7-8,17,19H,2-6,9-16H2,1H3,(H,25,31)(H,29,30). The van der Waals surface area contributed by atoms with Gasteiger partial charge >= 0.3 is 5.97 Å². The summed E-state index contributed by atoms with van der Waals surface area (Å²) in [5.41, 5.74) is -0.857. The van der Waals surface area contributed by atoms with Crippen LogP contribution in [0, 0.1) is 5.92 Å². The van der Waals surface area contributed by atoms with Gasteiger partial charge < -0.3 is 24.5 Å². The van der Waals surface area contributed by atoms with Crippen LogP contribution in [0.4, 0.5) is 0 Å². The lowest BCUT2D eigenvalue weighted by atomic mass is 9.79. The van der Waals surface area contributed by atoms with Crippen LogP contribution in [0.5, 0.6) is 0 Å². The predicted octanol–water partition coefficient (Wildman–Crippen LogP) is 2.26. The first-order valence-corrected chi connectivity index (χ1v) is 12.1. The molecule has 1 saturated carbocycles. The van der Waals surface area contributed by atoms with Gasteiger partial charge in [-0.2, -0.15) is 0 Å².